The van der Waals surface area contributed by atoms with E-state index in [1.54, 1.807) is 0 Å². The molecule has 1 saturated carbocycles. The van der Waals surface area contributed by atoms with Crippen molar-refractivity contribution in [2.24, 2.45) is 0 Å². The third kappa shape index (κ3) is 2.66. The van der Waals surface area contributed by atoms with Crippen molar-refractivity contribution < 1.29 is 27.9 Å². The van der Waals surface area contributed by atoms with Crippen LogP contribution in [0.25, 0.3) is 0 Å². The van der Waals surface area contributed by atoms with Gasteiger partial charge in [-0.2, -0.15) is 13.2 Å². The second kappa shape index (κ2) is 4.21. The molecule has 1 heterocycles. The molecule has 1 amide bonds. The van der Waals surface area contributed by atoms with Crippen LogP contribution in [0.3, 0.4) is 0 Å². The van der Waals surface area contributed by atoms with Crippen LogP contribution in [0.15, 0.2) is 6.20 Å². The van der Waals surface area contributed by atoms with Gasteiger partial charge in [-0.25, -0.2) is 9.48 Å². The Labute approximate surface area is 104 Å². The fourth-order valence-corrected chi connectivity index (χ4v) is 1.53. The average Bonchev–Trinajstić information content (AvgIpc) is 2.89. The molecule has 10 heteroatoms. The molecule has 19 heavy (non-hydrogen) atoms. The van der Waals surface area contributed by atoms with Gasteiger partial charge in [-0.15, -0.1) is 5.10 Å². The van der Waals surface area contributed by atoms with Crippen LogP contribution >= 0.6 is 0 Å². The molecule has 1 aromatic heterocycles. The minimum atomic E-state index is -4.49. The van der Waals surface area contributed by atoms with Crippen LogP contribution < -0.4 is 5.32 Å². The predicted molar refractivity (Wildman–Crippen MR) is 53.1 cm³/mol. The number of carbonyl (C=O) groups excluding carboxylic acids is 1. The van der Waals surface area contributed by atoms with E-state index < -0.39 is 30.1 Å². The van der Waals surface area contributed by atoms with E-state index >= 15 is 0 Å². The summed E-state index contributed by atoms with van der Waals surface area (Å²) in [5.74, 6) is -2.22. The third-order valence-electron chi connectivity index (χ3n) is 2.73. The van der Waals surface area contributed by atoms with Crippen molar-refractivity contribution in [3.63, 3.8) is 0 Å². The van der Waals surface area contributed by atoms with Gasteiger partial charge in [0.2, 0.25) is 5.91 Å². The smallest absolute Gasteiger partial charge is 0.411 e. The van der Waals surface area contributed by atoms with Gasteiger partial charge in [-0.1, -0.05) is 5.21 Å². The summed E-state index contributed by atoms with van der Waals surface area (Å²) in [5, 5.41) is 17.0. The van der Waals surface area contributed by atoms with E-state index in [1.165, 1.54) is 0 Å². The van der Waals surface area contributed by atoms with Gasteiger partial charge in [0, 0.05) is 0 Å². The SMILES string of the molecule is O=C(Cn1cc(C(=O)O)nn1)NC1(C(F)(F)F)CC1. The highest BCUT2D eigenvalue weighted by Gasteiger charge is 2.64. The van der Waals surface area contributed by atoms with E-state index in [0.29, 0.717) is 0 Å². The van der Waals surface area contributed by atoms with Crippen molar-refractivity contribution in [3.8, 4) is 0 Å². The number of carboxylic acids is 1. The largest absolute Gasteiger partial charge is 0.476 e. The molecular formula is C9H9F3N4O3. The first kappa shape index (κ1) is 13.3. The molecule has 7 nitrogen and oxygen atoms in total. The van der Waals surface area contributed by atoms with E-state index in [9.17, 15) is 22.8 Å². The number of carbonyl (C=O) groups is 2. The quantitative estimate of drug-likeness (QED) is 0.819. The zero-order valence-corrected chi connectivity index (χ0v) is 9.44. The molecular weight excluding hydrogens is 269 g/mol. The second-order valence-electron chi connectivity index (χ2n) is 4.23. The predicted octanol–water partition coefficient (Wildman–Crippen LogP) is 0.187. The van der Waals surface area contributed by atoms with Crippen molar-refractivity contribution in [2.45, 2.75) is 31.1 Å². The highest BCUT2D eigenvalue weighted by Crippen LogP contribution is 2.48. The van der Waals surface area contributed by atoms with Gasteiger partial charge in [-0.3, -0.25) is 4.79 Å². The van der Waals surface area contributed by atoms with Gasteiger partial charge in [0.15, 0.2) is 5.69 Å². The molecule has 0 atom stereocenters. The lowest BCUT2D eigenvalue weighted by atomic mass is 10.2. The zero-order chi connectivity index (χ0) is 14.3. The van der Waals surface area contributed by atoms with Crippen molar-refractivity contribution in [2.75, 3.05) is 0 Å². The summed E-state index contributed by atoms with van der Waals surface area (Å²) in [4.78, 5) is 22.0. The van der Waals surface area contributed by atoms with Crippen LogP contribution in [0.1, 0.15) is 23.3 Å². The summed E-state index contributed by atoms with van der Waals surface area (Å²) in [7, 11) is 0. The van der Waals surface area contributed by atoms with Crippen LogP contribution in [0.2, 0.25) is 0 Å². The van der Waals surface area contributed by atoms with Crippen molar-refractivity contribution in [1.82, 2.24) is 20.3 Å². The first-order valence-corrected chi connectivity index (χ1v) is 5.25. The number of nitrogens with zero attached hydrogens (tertiary/aromatic N) is 3. The number of hydrogen-bond donors (Lipinski definition) is 2. The van der Waals surface area contributed by atoms with E-state index in [0.717, 1.165) is 10.9 Å². The lowest BCUT2D eigenvalue weighted by Crippen LogP contribution is -2.48. The molecule has 0 unspecified atom stereocenters. The number of aromatic carboxylic acids is 1. The van der Waals surface area contributed by atoms with Crippen molar-refractivity contribution in [1.29, 1.82) is 0 Å². The lowest BCUT2D eigenvalue weighted by Gasteiger charge is -2.20. The van der Waals surface area contributed by atoms with E-state index in [2.05, 4.69) is 10.3 Å². The molecule has 2 rings (SSSR count). The van der Waals surface area contributed by atoms with Gasteiger partial charge >= 0.3 is 12.1 Å². The monoisotopic (exact) mass is 278 g/mol. The molecule has 1 aliphatic carbocycles. The van der Waals surface area contributed by atoms with Crippen LogP contribution in [-0.2, 0) is 11.3 Å². The fraction of sp³-hybridized carbons (Fsp3) is 0.556. The van der Waals surface area contributed by atoms with E-state index in [1.807, 2.05) is 5.32 Å². The zero-order valence-electron chi connectivity index (χ0n) is 9.44. The Morgan fingerprint density at radius 1 is 1.47 bits per heavy atom. The molecule has 1 aliphatic rings. The number of nitrogens with one attached hydrogen (secondary N) is 1. The number of amides is 1. The summed E-state index contributed by atoms with van der Waals surface area (Å²) >= 11 is 0. The first-order valence-electron chi connectivity index (χ1n) is 5.25. The molecule has 0 bridgehead atoms. The highest BCUT2D eigenvalue weighted by atomic mass is 19.4. The van der Waals surface area contributed by atoms with Crippen LogP contribution in [-0.4, -0.2) is 43.7 Å². The van der Waals surface area contributed by atoms with Crippen LogP contribution in [0.4, 0.5) is 13.2 Å². The summed E-state index contributed by atoms with van der Waals surface area (Å²) in [6.07, 6.45) is -3.83. The Balaban J connectivity index is 1.96. The lowest BCUT2D eigenvalue weighted by molar-refractivity contribution is -0.170. The van der Waals surface area contributed by atoms with Crippen molar-refractivity contribution in [3.05, 3.63) is 11.9 Å². The van der Waals surface area contributed by atoms with Gasteiger partial charge in [0.25, 0.3) is 0 Å². The Hall–Kier alpha value is -2.13. The summed E-state index contributed by atoms with van der Waals surface area (Å²) in [6, 6.07) is 0. The Morgan fingerprint density at radius 2 is 2.11 bits per heavy atom. The van der Waals surface area contributed by atoms with Gasteiger partial charge in [0.05, 0.1) is 6.20 Å². The number of carboxylic acid groups (broad SMARTS) is 1. The summed E-state index contributed by atoms with van der Waals surface area (Å²) in [5.41, 5.74) is -2.52. The van der Waals surface area contributed by atoms with Crippen LogP contribution in [0, 0.1) is 0 Å². The minimum absolute atomic E-state index is 0.153. The fourth-order valence-electron chi connectivity index (χ4n) is 1.53. The average molecular weight is 278 g/mol. The normalized spacial score (nSPS) is 17.0. The Kier molecular flexibility index (Phi) is 2.95. The maximum absolute atomic E-state index is 12.6. The Morgan fingerprint density at radius 3 is 2.53 bits per heavy atom. The molecule has 1 fully saturated rings. The van der Waals surface area contributed by atoms with Gasteiger partial charge in [0.1, 0.15) is 12.1 Å². The number of aromatic nitrogens is 3. The molecule has 0 aromatic carbocycles. The maximum Gasteiger partial charge on any atom is 0.411 e. The van der Waals surface area contributed by atoms with E-state index in [4.69, 9.17) is 5.11 Å². The summed E-state index contributed by atoms with van der Waals surface area (Å²) in [6.45, 7) is -0.516. The number of alkyl halides is 3. The standard InChI is InChI=1S/C9H9F3N4O3/c10-9(11,12)8(1-2-8)13-6(17)4-16-3-5(7(18)19)14-15-16/h3H,1-2,4H2,(H,13,17)(H,18,19). The van der Waals surface area contributed by atoms with Gasteiger partial charge in [-0.05, 0) is 12.8 Å². The Bertz CT molecular complexity index is 521. The molecule has 2 N–H and O–H groups in total. The maximum atomic E-state index is 12.6. The molecule has 0 saturated heterocycles. The molecule has 0 spiro atoms. The van der Waals surface area contributed by atoms with Crippen LogP contribution in [0.5, 0.6) is 0 Å². The highest BCUT2D eigenvalue weighted by molar-refractivity contribution is 5.84. The molecule has 1 aromatic rings. The molecule has 0 aliphatic heterocycles. The van der Waals surface area contributed by atoms with Crippen molar-refractivity contribution >= 4 is 11.9 Å². The second-order valence-corrected chi connectivity index (χ2v) is 4.23. The topological polar surface area (TPSA) is 97.1 Å². The number of hydrogen-bond acceptors (Lipinski definition) is 4. The summed E-state index contributed by atoms with van der Waals surface area (Å²) < 4.78 is 38.6. The first-order chi connectivity index (χ1) is 8.73. The number of rotatable bonds is 4. The minimum Gasteiger partial charge on any atom is -0.476 e. The third-order valence-corrected chi connectivity index (χ3v) is 2.73. The molecule has 0 radical (unpaired) electrons. The van der Waals surface area contributed by atoms with Gasteiger partial charge < -0.3 is 10.4 Å². The number of halogens is 3. The molecule has 104 valence electrons. The van der Waals surface area contributed by atoms with E-state index in [-0.39, 0.29) is 18.5 Å².